The molecule has 2 fully saturated rings. The zero-order chi connectivity index (χ0) is 20.1. The Morgan fingerprint density at radius 1 is 1.34 bits per heavy atom. The number of likely N-dealkylation sites (tertiary alicyclic amines) is 1. The smallest absolute Gasteiger partial charge is 0.228 e. The van der Waals surface area contributed by atoms with E-state index in [4.69, 9.17) is 4.74 Å². The summed E-state index contributed by atoms with van der Waals surface area (Å²) in [5, 5.41) is 3.91. The Bertz CT molecular complexity index is 984. The fourth-order valence-electron chi connectivity index (χ4n) is 5.05. The third-order valence-corrected chi connectivity index (χ3v) is 7.55. The van der Waals surface area contributed by atoms with Crippen molar-refractivity contribution in [2.45, 2.75) is 33.8 Å². The molecule has 0 radical (unpaired) electrons. The molecule has 29 heavy (non-hydrogen) atoms. The van der Waals surface area contributed by atoms with Crippen LogP contribution in [0.25, 0.3) is 5.76 Å². The van der Waals surface area contributed by atoms with Crippen molar-refractivity contribution in [1.82, 2.24) is 9.27 Å². The number of fused-ring (bicyclic) bond motifs is 2. The summed E-state index contributed by atoms with van der Waals surface area (Å²) in [6, 6.07) is 6.41. The fraction of sp³-hybridized carbons (Fsp3) is 0.478. The number of carbonyl (C=O) groups excluding carboxylic acids is 1. The first kappa shape index (κ1) is 18.8. The highest BCUT2D eigenvalue weighted by atomic mass is 32.1. The summed E-state index contributed by atoms with van der Waals surface area (Å²) in [5.74, 6) is 2.42. The van der Waals surface area contributed by atoms with E-state index in [1.807, 2.05) is 26.0 Å². The van der Waals surface area contributed by atoms with Gasteiger partial charge in [0.15, 0.2) is 0 Å². The molecule has 2 aromatic rings. The molecule has 1 aromatic heterocycles. The second-order valence-electron chi connectivity index (χ2n) is 8.50. The van der Waals surface area contributed by atoms with Crippen molar-refractivity contribution in [3.05, 3.63) is 52.2 Å². The van der Waals surface area contributed by atoms with Crippen molar-refractivity contribution in [2.75, 3.05) is 25.0 Å². The molecular formula is C23H27N3O2S. The third kappa shape index (κ3) is 3.38. The maximum Gasteiger partial charge on any atom is 0.228 e. The lowest BCUT2D eigenvalue weighted by molar-refractivity contribution is -0.118. The van der Waals surface area contributed by atoms with Gasteiger partial charge in [0.2, 0.25) is 5.91 Å². The molecule has 5 rings (SSSR count). The summed E-state index contributed by atoms with van der Waals surface area (Å²) < 4.78 is 10.0. The van der Waals surface area contributed by atoms with Crippen molar-refractivity contribution in [1.29, 1.82) is 0 Å². The fourth-order valence-corrected chi connectivity index (χ4v) is 5.72. The van der Waals surface area contributed by atoms with Gasteiger partial charge in [0.25, 0.3) is 0 Å². The van der Waals surface area contributed by atoms with Crippen LogP contribution in [-0.2, 0) is 22.6 Å². The van der Waals surface area contributed by atoms with E-state index in [2.05, 4.69) is 33.6 Å². The molecule has 3 heterocycles. The van der Waals surface area contributed by atoms with Crippen LogP contribution in [0.2, 0.25) is 0 Å². The summed E-state index contributed by atoms with van der Waals surface area (Å²) in [5.41, 5.74) is 6.35. The number of aromatic nitrogens is 1. The molecule has 5 nitrogen and oxygen atoms in total. The summed E-state index contributed by atoms with van der Waals surface area (Å²) >= 11 is 1.36. The molecule has 0 spiro atoms. The predicted octanol–water partition coefficient (Wildman–Crippen LogP) is 4.01. The summed E-state index contributed by atoms with van der Waals surface area (Å²) in [4.78, 5) is 15.0. The topological polar surface area (TPSA) is 54.5 Å². The number of carbonyl (C=O) groups is 1. The third-order valence-electron chi connectivity index (χ3n) is 6.75. The average molecular weight is 410 g/mol. The molecule has 1 aromatic carbocycles. The van der Waals surface area contributed by atoms with Gasteiger partial charge in [0.1, 0.15) is 17.4 Å². The highest BCUT2D eigenvalue weighted by molar-refractivity contribution is 7.10. The van der Waals surface area contributed by atoms with Gasteiger partial charge in [-0.25, -0.2) is 0 Å². The minimum Gasteiger partial charge on any atom is -0.489 e. The molecule has 1 N–H and O–H groups in total. The lowest BCUT2D eigenvalue weighted by Crippen LogP contribution is -2.30. The summed E-state index contributed by atoms with van der Waals surface area (Å²) in [6.45, 7) is 10.0. The van der Waals surface area contributed by atoms with E-state index >= 15 is 0 Å². The van der Waals surface area contributed by atoms with Crippen LogP contribution < -0.4 is 5.32 Å². The zero-order valence-electron chi connectivity index (χ0n) is 17.2. The van der Waals surface area contributed by atoms with Gasteiger partial charge < -0.3 is 15.0 Å². The quantitative estimate of drug-likeness (QED) is 0.811. The SMILES string of the molecule is C/C=C1/OCc2c1ccc(CCN1CC3C(C1)C3C(=O)Nc1cc(C)ns1)c2C. The Hall–Kier alpha value is -2.18. The zero-order valence-corrected chi connectivity index (χ0v) is 18.0. The molecule has 6 heteroatoms. The van der Waals surface area contributed by atoms with Gasteiger partial charge in [-0.15, -0.1) is 0 Å². The molecule has 2 unspecified atom stereocenters. The first-order valence-corrected chi connectivity index (χ1v) is 11.2. The van der Waals surface area contributed by atoms with Crippen molar-refractivity contribution in [2.24, 2.45) is 17.8 Å². The Labute approximate surface area is 175 Å². The lowest BCUT2D eigenvalue weighted by atomic mass is 9.96. The first-order valence-electron chi connectivity index (χ1n) is 10.4. The van der Waals surface area contributed by atoms with Crippen molar-refractivity contribution < 1.29 is 9.53 Å². The van der Waals surface area contributed by atoms with Gasteiger partial charge in [0, 0.05) is 36.7 Å². The number of benzene rings is 1. The maximum atomic E-state index is 12.5. The van der Waals surface area contributed by atoms with Gasteiger partial charge in [-0.2, -0.15) is 4.37 Å². The van der Waals surface area contributed by atoms with Crippen LogP contribution in [0, 0.1) is 31.6 Å². The number of nitrogens with zero attached hydrogens (tertiary/aromatic N) is 2. The lowest BCUT2D eigenvalue weighted by Gasteiger charge is -2.20. The minimum absolute atomic E-state index is 0.178. The first-order chi connectivity index (χ1) is 14.0. The monoisotopic (exact) mass is 409 g/mol. The van der Waals surface area contributed by atoms with E-state index in [-0.39, 0.29) is 11.8 Å². The van der Waals surface area contributed by atoms with E-state index in [0.29, 0.717) is 18.4 Å². The highest BCUT2D eigenvalue weighted by Crippen LogP contribution is 2.52. The largest absolute Gasteiger partial charge is 0.489 e. The number of rotatable bonds is 5. The standard InChI is InChI=1S/C23H27N3O2S/c1-4-20-16-6-5-15(14(3)19(16)12-28-20)7-8-26-10-17-18(11-26)22(17)23(27)24-21-9-13(2)25-29-21/h4-6,9,17-18,22H,7-8,10-12H2,1-3H3,(H,24,27)/b20-4+. The van der Waals surface area contributed by atoms with Crippen LogP contribution in [0.4, 0.5) is 5.00 Å². The van der Waals surface area contributed by atoms with Crippen LogP contribution in [0.3, 0.4) is 0 Å². The van der Waals surface area contributed by atoms with Crippen molar-refractivity contribution in [3.63, 3.8) is 0 Å². The summed E-state index contributed by atoms with van der Waals surface area (Å²) in [7, 11) is 0. The van der Waals surface area contributed by atoms with E-state index in [1.54, 1.807) is 0 Å². The molecule has 1 saturated carbocycles. The number of ether oxygens (including phenoxy) is 1. The van der Waals surface area contributed by atoms with Crippen LogP contribution in [-0.4, -0.2) is 34.8 Å². The molecule has 2 aliphatic heterocycles. The second kappa shape index (κ2) is 7.26. The number of hydrogen-bond acceptors (Lipinski definition) is 5. The average Bonchev–Trinajstić information content (AvgIpc) is 3.08. The minimum atomic E-state index is 0.178. The van der Waals surface area contributed by atoms with E-state index in [0.717, 1.165) is 42.5 Å². The van der Waals surface area contributed by atoms with Crippen molar-refractivity contribution in [3.8, 4) is 0 Å². The molecular weight excluding hydrogens is 382 g/mol. The van der Waals surface area contributed by atoms with Crippen LogP contribution in [0.5, 0.6) is 0 Å². The van der Waals surface area contributed by atoms with Gasteiger partial charge in [-0.3, -0.25) is 4.79 Å². The molecule has 0 bridgehead atoms. The normalized spacial score (nSPS) is 26.3. The number of piperidine rings is 1. The molecule has 2 atom stereocenters. The van der Waals surface area contributed by atoms with Crippen LogP contribution in [0.1, 0.15) is 34.9 Å². The van der Waals surface area contributed by atoms with Crippen LogP contribution in [0.15, 0.2) is 24.3 Å². The van der Waals surface area contributed by atoms with Crippen molar-refractivity contribution >= 4 is 28.2 Å². The predicted molar refractivity (Wildman–Crippen MR) is 116 cm³/mol. The van der Waals surface area contributed by atoms with Gasteiger partial charge in [-0.1, -0.05) is 12.1 Å². The van der Waals surface area contributed by atoms with Gasteiger partial charge >= 0.3 is 0 Å². The number of anilines is 1. The van der Waals surface area contributed by atoms with E-state index in [1.165, 1.54) is 33.8 Å². The van der Waals surface area contributed by atoms with E-state index < -0.39 is 0 Å². The van der Waals surface area contributed by atoms with E-state index in [9.17, 15) is 4.79 Å². The highest BCUT2D eigenvalue weighted by Gasteiger charge is 2.59. The number of aryl methyl sites for hydroxylation is 1. The van der Waals surface area contributed by atoms with Gasteiger partial charge in [0.05, 0.1) is 5.69 Å². The van der Waals surface area contributed by atoms with Crippen LogP contribution >= 0.6 is 11.5 Å². The molecule has 1 saturated heterocycles. The Balaban J connectivity index is 1.14. The number of hydrogen-bond donors (Lipinski definition) is 1. The summed E-state index contributed by atoms with van der Waals surface area (Å²) in [6.07, 6.45) is 3.10. The Morgan fingerprint density at radius 3 is 2.83 bits per heavy atom. The Morgan fingerprint density at radius 2 is 2.14 bits per heavy atom. The molecule has 1 aliphatic carbocycles. The van der Waals surface area contributed by atoms with Gasteiger partial charge in [-0.05, 0) is 73.8 Å². The molecule has 152 valence electrons. The second-order valence-corrected chi connectivity index (χ2v) is 9.31. The maximum absolute atomic E-state index is 12.5. The molecule has 1 amide bonds. The Kier molecular flexibility index (Phi) is 4.71. The number of nitrogens with one attached hydrogen (secondary N) is 1. The molecule has 3 aliphatic rings. The number of amides is 1. The number of allylic oxidation sites excluding steroid dienone is 1.